The molecule has 5 nitrogen and oxygen atoms in total. The van der Waals surface area contributed by atoms with Gasteiger partial charge in [0.05, 0.1) is 24.4 Å². The van der Waals surface area contributed by atoms with Gasteiger partial charge in [-0.05, 0) is 50.3 Å². The standard InChI is InChI=1S/C20H24ClNO4/c1-13-9-17-15(11-16(13)21)14(12-25-17)10-19(24)22-6-4-20(5-7-22)18(23)3-2-8-26-20/h9,11-12,18,23H,2-8,10H2,1H3. The summed E-state index contributed by atoms with van der Waals surface area (Å²) in [6.45, 7) is 3.86. The van der Waals surface area contributed by atoms with Gasteiger partial charge in [0, 0.05) is 35.7 Å². The van der Waals surface area contributed by atoms with Crippen molar-refractivity contribution in [1.82, 2.24) is 4.90 Å². The summed E-state index contributed by atoms with van der Waals surface area (Å²) in [6.07, 6.45) is 4.60. The van der Waals surface area contributed by atoms with Crippen LogP contribution in [0.15, 0.2) is 22.8 Å². The van der Waals surface area contributed by atoms with Crippen molar-refractivity contribution < 1.29 is 19.1 Å². The maximum atomic E-state index is 12.8. The molecule has 4 rings (SSSR count). The number of nitrogens with zero attached hydrogens (tertiary/aromatic N) is 1. The average Bonchev–Trinajstić information content (AvgIpc) is 3.00. The Bertz CT molecular complexity index is 823. The van der Waals surface area contributed by atoms with Gasteiger partial charge in [-0.3, -0.25) is 4.79 Å². The van der Waals surface area contributed by atoms with E-state index in [0.717, 1.165) is 34.9 Å². The van der Waals surface area contributed by atoms with E-state index in [4.69, 9.17) is 20.8 Å². The van der Waals surface area contributed by atoms with Gasteiger partial charge in [0.15, 0.2) is 0 Å². The Morgan fingerprint density at radius 1 is 1.38 bits per heavy atom. The smallest absolute Gasteiger partial charge is 0.227 e. The van der Waals surface area contributed by atoms with Crippen LogP contribution in [0.25, 0.3) is 11.0 Å². The molecule has 1 spiro atoms. The fourth-order valence-electron chi connectivity index (χ4n) is 4.14. The first-order chi connectivity index (χ1) is 12.5. The number of halogens is 1. The first kappa shape index (κ1) is 17.8. The van der Waals surface area contributed by atoms with Crippen molar-refractivity contribution in [1.29, 1.82) is 0 Å². The molecule has 1 aromatic carbocycles. The highest BCUT2D eigenvalue weighted by Gasteiger charge is 2.44. The van der Waals surface area contributed by atoms with Gasteiger partial charge in [0.25, 0.3) is 0 Å². The Morgan fingerprint density at radius 3 is 2.88 bits per heavy atom. The van der Waals surface area contributed by atoms with E-state index in [2.05, 4.69) is 0 Å². The van der Waals surface area contributed by atoms with Gasteiger partial charge >= 0.3 is 0 Å². The molecule has 2 saturated heterocycles. The van der Waals surface area contributed by atoms with E-state index < -0.39 is 11.7 Å². The predicted octanol–water partition coefficient (Wildman–Crippen LogP) is 3.47. The molecule has 1 unspecified atom stereocenters. The van der Waals surface area contributed by atoms with E-state index in [1.165, 1.54) is 0 Å². The van der Waals surface area contributed by atoms with E-state index in [1.807, 2.05) is 24.0 Å². The van der Waals surface area contributed by atoms with Crippen molar-refractivity contribution in [3.8, 4) is 0 Å². The summed E-state index contributed by atoms with van der Waals surface area (Å²) in [6, 6.07) is 3.77. The molecular weight excluding hydrogens is 354 g/mol. The second kappa shape index (κ2) is 6.87. The molecule has 1 N–H and O–H groups in total. The van der Waals surface area contributed by atoms with Crippen LogP contribution in [0.1, 0.15) is 36.8 Å². The van der Waals surface area contributed by atoms with Gasteiger partial charge in [0.1, 0.15) is 5.58 Å². The van der Waals surface area contributed by atoms with Crippen LogP contribution in [0.2, 0.25) is 5.02 Å². The Kier molecular flexibility index (Phi) is 4.71. The zero-order valence-corrected chi connectivity index (χ0v) is 15.7. The number of ether oxygens (including phenoxy) is 1. The van der Waals surface area contributed by atoms with Crippen molar-refractivity contribution >= 4 is 28.5 Å². The topological polar surface area (TPSA) is 62.9 Å². The molecule has 0 bridgehead atoms. The van der Waals surface area contributed by atoms with Gasteiger partial charge in [-0.25, -0.2) is 0 Å². The Hall–Kier alpha value is -1.56. The summed E-state index contributed by atoms with van der Waals surface area (Å²) in [5, 5.41) is 11.9. The molecule has 26 heavy (non-hydrogen) atoms. The number of hydrogen-bond acceptors (Lipinski definition) is 4. The number of piperidine rings is 1. The van der Waals surface area contributed by atoms with Gasteiger partial charge in [0.2, 0.25) is 5.91 Å². The molecule has 3 heterocycles. The van der Waals surface area contributed by atoms with E-state index in [-0.39, 0.29) is 5.91 Å². The van der Waals surface area contributed by atoms with E-state index in [9.17, 15) is 9.90 Å². The highest BCUT2D eigenvalue weighted by Crippen LogP contribution is 2.35. The lowest BCUT2D eigenvalue weighted by atomic mass is 9.82. The third-order valence-corrected chi connectivity index (χ3v) is 6.27. The zero-order valence-electron chi connectivity index (χ0n) is 15.0. The number of carbonyl (C=O) groups is 1. The minimum absolute atomic E-state index is 0.0737. The van der Waals surface area contributed by atoms with Crippen LogP contribution >= 0.6 is 11.6 Å². The lowest BCUT2D eigenvalue weighted by Crippen LogP contribution is -2.56. The molecule has 1 atom stereocenters. The summed E-state index contributed by atoms with van der Waals surface area (Å²) in [7, 11) is 0. The summed E-state index contributed by atoms with van der Waals surface area (Å²) in [5.41, 5.74) is 2.12. The maximum Gasteiger partial charge on any atom is 0.227 e. The van der Waals surface area contributed by atoms with Crippen molar-refractivity contribution in [2.45, 2.75) is 50.7 Å². The van der Waals surface area contributed by atoms with Crippen LogP contribution < -0.4 is 0 Å². The summed E-state index contributed by atoms with van der Waals surface area (Å²) >= 11 is 6.22. The first-order valence-electron chi connectivity index (χ1n) is 9.24. The van der Waals surface area contributed by atoms with E-state index in [0.29, 0.717) is 44.0 Å². The monoisotopic (exact) mass is 377 g/mol. The Labute approximate surface area is 157 Å². The highest BCUT2D eigenvalue weighted by molar-refractivity contribution is 6.32. The first-order valence-corrected chi connectivity index (χ1v) is 9.62. The molecule has 1 amide bonds. The van der Waals surface area contributed by atoms with E-state index >= 15 is 0 Å². The number of likely N-dealkylation sites (tertiary alicyclic amines) is 1. The average molecular weight is 378 g/mol. The lowest BCUT2D eigenvalue weighted by Gasteiger charge is -2.46. The number of aliphatic hydroxyl groups is 1. The summed E-state index contributed by atoms with van der Waals surface area (Å²) < 4.78 is 11.5. The number of rotatable bonds is 2. The fraction of sp³-hybridized carbons (Fsp3) is 0.550. The SMILES string of the molecule is Cc1cc2occ(CC(=O)N3CCC4(CC3)OCCCC4O)c2cc1Cl. The Morgan fingerprint density at radius 2 is 2.15 bits per heavy atom. The Balaban J connectivity index is 1.44. The van der Waals surface area contributed by atoms with Crippen molar-refractivity contribution in [2.75, 3.05) is 19.7 Å². The van der Waals surface area contributed by atoms with Crippen molar-refractivity contribution in [3.05, 3.63) is 34.5 Å². The molecule has 2 aliphatic heterocycles. The summed E-state index contributed by atoms with van der Waals surface area (Å²) in [5.74, 6) is 0.0737. The van der Waals surface area contributed by atoms with Crippen molar-refractivity contribution in [3.63, 3.8) is 0 Å². The largest absolute Gasteiger partial charge is 0.464 e. The predicted molar refractivity (Wildman–Crippen MR) is 99.4 cm³/mol. The van der Waals surface area contributed by atoms with Crippen LogP contribution in [0.5, 0.6) is 0 Å². The second-order valence-corrected chi connectivity index (χ2v) is 7.89. The minimum Gasteiger partial charge on any atom is -0.464 e. The van der Waals surface area contributed by atoms with Gasteiger partial charge in [-0.2, -0.15) is 0 Å². The maximum absolute atomic E-state index is 12.8. The third-order valence-electron chi connectivity index (χ3n) is 5.86. The highest BCUT2D eigenvalue weighted by atomic mass is 35.5. The molecule has 140 valence electrons. The number of benzene rings is 1. The second-order valence-electron chi connectivity index (χ2n) is 7.49. The molecule has 0 aliphatic carbocycles. The number of furan rings is 1. The van der Waals surface area contributed by atoms with E-state index in [1.54, 1.807) is 6.26 Å². The number of carbonyl (C=O) groups excluding carboxylic acids is 1. The zero-order chi connectivity index (χ0) is 18.3. The third kappa shape index (κ3) is 3.13. The molecule has 6 heteroatoms. The van der Waals surface area contributed by atoms with Gasteiger partial charge < -0.3 is 19.2 Å². The molecule has 0 radical (unpaired) electrons. The van der Waals surface area contributed by atoms with Crippen LogP contribution in [0.4, 0.5) is 0 Å². The summed E-state index contributed by atoms with van der Waals surface area (Å²) in [4.78, 5) is 14.6. The minimum atomic E-state index is -0.456. The van der Waals surface area contributed by atoms with Crippen molar-refractivity contribution in [2.24, 2.45) is 0 Å². The molecule has 0 saturated carbocycles. The number of hydrogen-bond donors (Lipinski definition) is 1. The van der Waals surface area contributed by atoms with Gasteiger partial charge in [-0.15, -0.1) is 0 Å². The molecule has 2 aromatic rings. The van der Waals surface area contributed by atoms with Crippen LogP contribution in [-0.4, -0.2) is 47.3 Å². The quantitative estimate of drug-likeness (QED) is 0.870. The molecular formula is C20H24ClNO4. The number of fused-ring (bicyclic) bond motifs is 1. The lowest BCUT2D eigenvalue weighted by molar-refractivity contribution is -0.179. The van der Waals surface area contributed by atoms with Crippen LogP contribution in [0, 0.1) is 6.92 Å². The number of aryl methyl sites for hydroxylation is 1. The fourth-order valence-corrected chi connectivity index (χ4v) is 4.30. The number of amides is 1. The van der Waals surface area contributed by atoms with Crippen LogP contribution in [0.3, 0.4) is 0 Å². The van der Waals surface area contributed by atoms with Crippen LogP contribution in [-0.2, 0) is 16.0 Å². The molecule has 2 fully saturated rings. The van der Waals surface area contributed by atoms with Gasteiger partial charge in [-0.1, -0.05) is 11.6 Å². The molecule has 2 aliphatic rings. The number of aliphatic hydroxyl groups excluding tert-OH is 1. The normalized spacial score (nSPS) is 22.9. The molecule has 1 aromatic heterocycles.